The first-order valence-electron chi connectivity index (χ1n) is 11.4. The third-order valence-corrected chi connectivity index (χ3v) is 6.85. The van der Waals surface area contributed by atoms with Gasteiger partial charge in [0, 0.05) is 45.3 Å². The highest BCUT2D eigenvalue weighted by molar-refractivity contribution is 7.10. The quantitative estimate of drug-likeness (QED) is 0.448. The highest BCUT2D eigenvalue weighted by atomic mass is 32.1. The number of hydrogen-bond donors (Lipinski definition) is 1. The highest BCUT2D eigenvalue weighted by Crippen LogP contribution is 2.34. The lowest BCUT2D eigenvalue weighted by molar-refractivity contribution is -0.136. The van der Waals surface area contributed by atoms with Gasteiger partial charge < -0.3 is 24.2 Å². The van der Waals surface area contributed by atoms with Crippen LogP contribution in [0, 0.1) is 6.92 Å². The monoisotopic (exact) mass is 476 g/mol. The maximum Gasteiger partial charge on any atom is 0.237 e. The number of ether oxygens (including phenoxy) is 3. The molecule has 0 bridgehead atoms. The molecule has 2 atom stereocenters. The molecule has 0 saturated carbocycles. The molecule has 1 N–H and O–H groups in total. The van der Waals surface area contributed by atoms with Crippen molar-refractivity contribution in [2.24, 2.45) is 0 Å². The van der Waals surface area contributed by atoms with Gasteiger partial charge in [0.15, 0.2) is 0 Å². The van der Waals surface area contributed by atoms with Gasteiger partial charge in [0.25, 0.3) is 0 Å². The first kappa shape index (κ1) is 25.6. The number of nitrogens with zero attached hydrogens (tertiary/aromatic N) is 2. The van der Waals surface area contributed by atoms with Crippen molar-refractivity contribution in [3.05, 3.63) is 51.7 Å². The molecule has 2 aromatic rings. The third kappa shape index (κ3) is 7.52. The van der Waals surface area contributed by atoms with Crippen molar-refractivity contribution in [1.82, 2.24) is 9.80 Å². The molecule has 1 aromatic carbocycles. The summed E-state index contributed by atoms with van der Waals surface area (Å²) in [4.78, 5) is 18.7. The van der Waals surface area contributed by atoms with E-state index in [2.05, 4.69) is 11.4 Å². The predicted octanol–water partition coefficient (Wildman–Crippen LogP) is 2.91. The fraction of sp³-hybridized carbons (Fsp3) is 0.560. The van der Waals surface area contributed by atoms with Gasteiger partial charge in [-0.2, -0.15) is 0 Å². The van der Waals surface area contributed by atoms with Crippen LogP contribution in [0.15, 0.2) is 35.7 Å². The lowest BCUT2D eigenvalue weighted by Crippen LogP contribution is -2.48. The van der Waals surface area contributed by atoms with Crippen molar-refractivity contribution in [2.45, 2.75) is 31.9 Å². The number of hydrogen-bond acceptors (Lipinski definition) is 7. The van der Waals surface area contributed by atoms with Crippen LogP contribution in [0.25, 0.3) is 0 Å². The molecule has 1 aliphatic rings. The second-order valence-electron chi connectivity index (χ2n) is 8.47. The standard InChI is InChI=1S/C25H36N2O5S/c1-19-5-7-21(8-6-19)32-18-23-22-10-14-33-24(22)9-12-27(23)25(29)16-26(11-4-13-30-2)15-20(28)17-31-3/h5-8,10,14,20,23,28H,4,9,11-13,15-18H2,1-3H3/t20-,23-/m0/s1. The molecule has 1 aliphatic heterocycles. The highest BCUT2D eigenvalue weighted by Gasteiger charge is 2.33. The predicted molar refractivity (Wildman–Crippen MR) is 130 cm³/mol. The Hall–Kier alpha value is -1.97. The van der Waals surface area contributed by atoms with Crippen LogP contribution in [0.3, 0.4) is 0 Å². The Morgan fingerprint density at radius 3 is 2.76 bits per heavy atom. The molecular formula is C25H36N2O5S. The van der Waals surface area contributed by atoms with Crippen LogP contribution >= 0.6 is 11.3 Å². The van der Waals surface area contributed by atoms with Crippen molar-refractivity contribution in [3.8, 4) is 5.75 Å². The number of amides is 1. The van der Waals surface area contributed by atoms with E-state index in [1.165, 1.54) is 16.0 Å². The number of rotatable bonds is 13. The summed E-state index contributed by atoms with van der Waals surface area (Å²) in [6.07, 6.45) is 1.00. The summed E-state index contributed by atoms with van der Waals surface area (Å²) in [5.74, 6) is 0.852. The van der Waals surface area contributed by atoms with Crippen molar-refractivity contribution in [3.63, 3.8) is 0 Å². The number of aryl methyl sites for hydroxylation is 1. The smallest absolute Gasteiger partial charge is 0.237 e. The van der Waals surface area contributed by atoms with Gasteiger partial charge >= 0.3 is 0 Å². The maximum absolute atomic E-state index is 13.5. The third-order valence-electron chi connectivity index (χ3n) is 5.85. The SMILES string of the molecule is COCCCN(CC(=O)N1CCc2sccc2[C@@H]1COc1ccc(C)cc1)C[C@H](O)COC. The summed E-state index contributed by atoms with van der Waals surface area (Å²) >= 11 is 1.74. The Labute approximate surface area is 200 Å². The Morgan fingerprint density at radius 2 is 2.03 bits per heavy atom. The van der Waals surface area contributed by atoms with Crippen LogP contribution in [0.5, 0.6) is 5.75 Å². The zero-order chi connectivity index (χ0) is 23.6. The van der Waals surface area contributed by atoms with Gasteiger partial charge in [-0.3, -0.25) is 9.69 Å². The van der Waals surface area contributed by atoms with E-state index in [4.69, 9.17) is 14.2 Å². The van der Waals surface area contributed by atoms with E-state index in [9.17, 15) is 9.90 Å². The summed E-state index contributed by atoms with van der Waals surface area (Å²) < 4.78 is 16.4. The van der Waals surface area contributed by atoms with E-state index in [-0.39, 0.29) is 25.1 Å². The number of aliphatic hydroxyl groups excluding tert-OH is 1. The van der Waals surface area contributed by atoms with E-state index < -0.39 is 6.10 Å². The van der Waals surface area contributed by atoms with E-state index in [0.29, 0.717) is 32.8 Å². The lowest BCUT2D eigenvalue weighted by Gasteiger charge is -2.37. The van der Waals surface area contributed by atoms with Gasteiger partial charge in [-0.1, -0.05) is 17.7 Å². The van der Waals surface area contributed by atoms with E-state index in [1.54, 1.807) is 25.6 Å². The average molecular weight is 477 g/mol. The van der Waals surface area contributed by atoms with Crippen LogP contribution in [0.2, 0.25) is 0 Å². The molecule has 2 heterocycles. The number of benzene rings is 1. The van der Waals surface area contributed by atoms with Gasteiger partial charge in [-0.05, 0) is 48.9 Å². The van der Waals surface area contributed by atoms with Crippen LogP contribution in [-0.2, 0) is 20.7 Å². The summed E-state index contributed by atoms with van der Waals surface area (Å²) in [6.45, 7) is 5.27. The van der Waals surface area contributed by atoms with Crippen molar-refractivity contribution in [2.75, 3.05) is 60.2 Å². The van der Waals surface area contributed by atoms with Crippen molar-refractivity contribution >= 4 is 17.2 Å². The summed E-state index contributed by atoms with van der Waals surface area (Å²) in [7, 11) is 3.23. The first-order valence-corrected chi connectivity index (χ1v) is 12.3. The van der Waals surface area contributed by atoms with Gasteiger partial charge in [0.2, 0.25) is 5.91 Å². The Morgan fingerprint density at radius 1 is 1.24 bits per heavy atom. The Balaban J connectivity index is 1.69. The fourth-order valence-corrected chi connectivity index (χ4v) is 5.11. The van der Waals surface area contributed by atoms with Gasteiger partial charge in [-0.15, -0.1) is 11.3 Å². The molecule has 0 spiro atoms. The molecule has 182 valence electrons. The molecule has 7 nitrogen and oxygen atoms in total. The first-order chi connectivity index (χ1) is 16.0. The lowest BCUT2D eigenvalue weighted by atomic mass is 10.0. The Kier molecular flexibility index (Phi) is 10.1. The number of fused-ring (bicyclic) bond motifs is 1. The molecule has 0 aliphatic carbocycles. The van der Waals surface area contributed by atoms with Crippen LogP contribution in [-0.4, -0.2) is 87.1 Å². The average Bonchev–Trinajstić information content (AvgIpc) is 3.28. The molecular weight excluding hydrogens is 440 g/mol. The number of carbonyl (C=O) groups excluding carboxylic acids is 1. The second kappa shape index (κ2) is 13.1. The van der Waals surface area contributed by atoms with Gasteiger partial charge in [-0.25, -0.2) is 0 Å². The number of aliphatic hydroxyl groups is 1. The molecule has 33 heavy (non-hydrogen) atoms. The number of thiophene rings is 1. The van der Waals surface area contributed by atoms with Gasteiger partial charge in [0.1, 0.15) is 12.4 Å². The molecule has 8 heteroatoms. The van der Waals surface area contributed by atoms with Crippen LogP contribution < -0.4 is 4.74 Å². The van der Waals surface area contributed by atoms with E-state index >= 15 is 0 Å². The number of methoxy groups -OCH3 is 2. The maximum atomic E-state index is 13.5. The normalized spacial score (nSPS) is 16.6. The molecule has 0 radical (unpaired) electrons. The van der Waals surface area contributed by atoms with Crippen LogP contribution in [0.4, 0.5) is 0 Å². The Bertz CT molecular complexity index is 857. The molecule has 1 amide bonds. The zero-order valence-electron chi connectivity index (χ0n) is 19.9. The minimum atomic E-state index is -0.643. The van der Waals surface area contributed by atoms with Crippen molar-refractivity contribution < 1.29 is 24.1 Å². The topological polar surface area (TPSA) is 71.5 Å². The van der Waals surface area contributed by atoms with E-state index in [1.807, 2.05) is 41.0 Å². The molecule has 1 aromatic heterocycles. The molecule has 0 fully saturated rings. The summed E-state index contributed by atoms with van der Waals surface area (Å²) in [5, 5.41) is 12.3. The fourth-order valence-electron chi connectivity index (χ4n) is 4.18. The van der Waals surface area contributed by atoms with E-state index in [0.717, 1.165) is 18.6 Å². The zero-order valence-corrected chi connectivity index (χ0v) is 20.7. The minimum absolute atomic E-state index is 0.0476. The van der Waals surface area contributed by atoms with Crippen LogP contribution in [0.1, 0.15) is 28.5 Å². The second-order valence-corrected chi connectivity index (χ2v) is 9.47. The van der Waals surface area contributed by atoms with Crippen molar-refractivity contribution in [1.29, 1.82) is 0 Å². The number of carbonyl (C=O) groups is 1. The summed E-state index contributed by atoms with van der Waals surface area (Å²) in [5.41, 5.74) is 2.36. The molecule has 0 unspecified atom stereocenters. The largest absolute Gasteiger partial charge is 0.491 e. The molecule has 3 rings (SSSR count). The summed E-state index contributed by atoms with van der Waals surface area (Å²) in [6, 6.07) is 9.97. The molecule has 0 saturated heterocycles. The minimum Gasteiger partial charge on any atom is -0.491 e. The van der Waals surface area contributed by atoms with Gasteiger partial charge in [0.05, 0.1) is 25.3 Å².